The molecule has 2 unspecified atom stereocenters. The fourth-order valence-corrected chi connectivity index (χ4v) is 5.81. The number of amides is 1. The first-order valence-corrected chi connectivity index (χ1v) is 12.1. The highest BCUT2D eigenvalue weighted by Gasteiger charge is 2.50. The Morgan fingerprint density at radius 1 is 1.31 bits per heavy atom. The van der Waals surface area contributed by atoms with Crippen LogP contribution in [0.3, 0.4) is 0 Å². The van der Waals surface area contributed by atoms with Gasteiger partial charge in [-0.05, 0) is 24.9 Å². The van der Waals surface area contributed by atoms with E-state index in [1.165, 1.54) is 32.4 Å². The van der Waals surface area contributed by atoms with Gasteiger partial charge in [0.25, 0.3) is 5.91 Å². The van der Waals surface area contributed by atoms with Gasteiger partial charge in [-0.2, -0.15) is 0 Å². The lowest BCUT2D eigenvalue weighted by Crippen LogP contribution is -2.48. The molecule has 2 aromatic carbocycles. The monoisotopic (exact) mass is 500 g/mol. The number of methoxy groups -OCH3 is 1. The van der Waals surface area contributed by atoms with Crippen molar-refractivity contribution in [3.05, 3.63) is 81.7 Å². The van der Waals surface area contributed by atoms with Gasteiger partial charge in [-0.1, -0.05) is 54.1 Å². The third kappa shape index (κ3) is 3.86. The lowest BCUT2D eigenvalue weighted by molar-refractivity contribution is -0.116. The van der Waals surface area contributed by atoms with Gasteiger partial charge in [0, 0.05) is 48.9 Å². The predicted octanol–water partition coefficient (Wildman–Crippen LogP) is 4.48. The van der Waals surface area contributed by atoms with E-state index in [0.29, 0.717) is 17.7 Å². The van der Waals surface area contributed by atoms with Gasteiger partial charge >= 0.3 is 0 Å². The van der Waals surface area contributed by atoms with Crippen LogP contribution >= 0.6 is 11.6 Å². The van der Waals surface area contributed by atoms with E-state index < -0.39 is 29.6 Å². The van der Waals surface area contributed by atoms with Crippen molar-refractivity contribution in [1.82, 2.24) is 10.6 Å². The molecule has 4 atom stereocenters. The van der Waals surface area contributed by atoms with Crippen LogP contribution in [0, 0.1) is 5.82 Å². The highest BCUT2D eigenvalue weighted by molar-refractivity contribution is 6.33. The van der Waals surface area contributed by atoms with Crippen LogP contribution in [0.5, 0.6) is 5.75 Å². The summed E-state index contributed by atoms with van der Waals surface area (Å²) in [5.74, 6) is -0.921. The molecule has 0 bridgehead atoms. The van der Waals surface area contributed by atoms with Gasteiger partial charge in [-0.25, -0.2) is 8.78 Å². The van der Waals surface area contributed by atoms with Crippen LogP contribution in [-0.4, -0.2) is 44.9 Å². The maximum Gasteiger partial charge on any atom is 0.251 e. The summed E-state index contributed by atoms with van der Waals surface area (Å²) in [5, 5.41) is 5.84. The van der Waals surface area contributed by atoms with Gasteiger partial charge in [-0.3, -0.25) is 4.79 Å². The molecule has 3 aliphatic rings. The van der Waals surface area contributed by atoms with E-state index in [1.807, 2.05) is 30.3 Å². The summed E-state index contributed by atoms with van der Waals surface area (Å²) in [5.41, 5.74) is 0.948. The molecule has 1 aliphatic carbocycles. The summed E-state index contributed by atoms with van der Waals surface area (Å²) in [6.07, 6.45) is 2.53. The lowest BCUT2D eigenvalue weighted by Gasteiger charge is -2.35. The Morgan fingerprint density at radius 3 is 2.74 bits per heavy atom. The number of hydrogen-bond donors (Lipinski definition) is 2. The van der Waals surface area contributed by atoms with Gasteiger partial charge in [0.2, 0.25) is 0 Å². The summed E-state index contributed by atoms with van der Waals surface area (Å²) >= 11 is 6.53. The molecular weight excluding hydrogens is 474 g/mol. The number of carbonyl (C=O) groups excluding carboxylic acids is 1. The summed E-state index contributed by atoms with van der Waals surface area (Å²) < 4.78 is 43.0. The zero-order valence-electron chi connectivity index (χ0n) is 19.5. The van der Waals surface area contributed by atoms with Crippen molar-refractivity contribution in [3.63, 3.8) is 0 Å². The molecule has 8 heteroatoms. The standard InChI is InChI=1S/C27H27ClF2N2O3/c1-31-26(33)16-10-11-19(34-2)25(30)23(16)22-17-14-27(21-9-6-12-32-21,15-7-4-3-5-8-15)35-20(17)13-18(29)24(22)28/h3-5,7-8,10-11,13,19,21,25,32H,6,9,12,14H2,1-2H3,(H,31,33)/t19?,21-,25?,27-/m0/s1. The molecular formula is C27H27ClF2N2O3. The number of benzene rings is 2. The quantitative estimate of drug-likeness (QED) is 0.635. The molecule has 184 valence electrons. The third-order valence-electron chi connectivity index (χ3n) is 7.22. The van der Waals surface area contributed by atoms with Gasteiger partial charge in [0.05, 0.1) is 11.1 Å². The highest BCUT2D eigenvalue weighted by atomic mass is 35.5. The fraction of sp³-hybridized carbons (Fsp3) is 0.370. The van der Waals surface area contributed by atoms with Crippen molar-refractivity contribution in [2.45, 2.75) is 43.2 Å². The molecule has 0 aromatic heterocycles. The number of rotatable bonds is 5. The number of hydrogen-bond acceptors (Lipinski definition) is 4. The van der Waals surface area contributed by atoms with Crippen LogP contribution in [0.15, 0.2) is 54.1 Å². The second-order valence-corrected chi connectivity index (χ2v) is 9.45. The minimum atomic E-state index is -1.72. The zero-order valence-corrected chi connectivity index (χ0v) is 20.3. The number of halogens is 3. The number of likely N-dealkylation sites (N-methyl/N-ethyl adjacent to an activating group) is 1. The van der Waals surface area contributed by atoms with E-state index in [0.717, 1.165) is 24.9 Å². The average molecular weight is 501 g/mol. The van der Waals surface area contributed by atoms with E-state index in [9.17, 15) is 4.79 Å². The van der Waals surface area contributed by atoms with Crippen LogP contribution in [-0.2, 0) is 21.6 Å². The Bertz CT molecular complexity index is 1210. The first kappa shape index (κ1) is 24.0. The molecule has 2 heterocycles. The van der Waals surface area contributed by atoms with Crippen molar-refractivity contribution in [2.75, 3.05) is 20.7 Å². The Labute approximate surface area is 208 Å². The fourth-order valence-electron chi connectivity index (χ4n) is 5.54. The maximum absolute atomic E-state index is 15.9. The molecule has 5 nitrogen and oxygen atoms in total. The molecule has 2 aromatic rings. The molecule has 1 amide bonds. The molecule has 2 aliphatic heterocycles. The minimum absolute atomic E-state index is 0.00583. The van der Waals surface area contributed by atoms with Crippen LogP contribution in [0.1, 0.15) is 29.5 Å². The first-order chi connectivity index (χ1) is 16.9. The molecule has 0 spiro atoms. The van der Waals surface area contributed by atoms with E-state index in [4.69, 9.17) is 21.1 Å². The SMILES string of the molecule is CNC(=O)C1=C(c2c(Cl)c(F)cc3c2C[C@](c2ccccc2)([C@@H]2CCCN2)O3)C(F)C(OC)C=C1. The number of ether oxygens (including phenoxy) is 2. The van der Waals surface area contributed by atoms with Gasteiger partial charge in [-0.15, -0.1) is 0 Å². The third-order valence-corrected chi connectivity index (χ3v) is 7.59. The van der Waals surface area contributed by atoms with Crippen molar-refractivity contribution in [3.8, 4) is 5.75 Å². The van der Waals surface area contributed by atoms with Crippen molar-refractivity contribution >= 4 is 23.1 Å². The van der Waals surface area contributed by atoms with Gasteiger partial charge in [0.15, 0.2) is 11.8 Å². The summed E-state index contributed by atoms with van der Waals surface area (Å²) in [7, 11) is 2.85. The Kier molecular flexibility index (Phi) is 6.42. The second-order valence-electron chi connectivity index (χ2n) is 9.08. The van der Waals surface area contributed by atoms with E-state index in [2.05, 4.69) is 10.6 Å². The topological polar surface area (TPSA) is 59.6 Å². The second kappa shape index (κ2) is 9.37. The molecule has 1 fully saturated rings. The van der Waals surface area contributed by atoms with Gasteiger partial charge in [0.1, 0.15) is 17.7 Å². The molecule has 35 heavy (non-hydrogen) atoms. The molecule has 0 saturated carbocycles. The summed E-state index contributed by atoms with van der Waals surface area (Å²) in [6.45, 7) is 0.847. The summed E-state index contributed by atoms with van der Waals surface area (Å²) in [6, 6.07) is 11.0. The summed E-state index contributed by atoms with van der Waals surface area (Å²) in [4.78, 5) is 12.7. The number of carbonyl (C=O) groups is 1. The highest BCUT2D eigenvalue weighted by Crippen LogP contribution is 2.51. The van der Waals surface area contributed by atoms with Crippen molar-refractivity contribution in [2.24, 2.45) is 0 Å². The van der Waals surface area contributed by atoms with Crippen LogP contribution < -0.4 is 15.4 Å². The van der Waals surface area contributed by atoms with Crippen LogP contribution in [0.25, 0.3) is 5.57 Å². The van der Waals surface area contributed by atoms with Crippen molar-refractivity contribution < 1.29 is 23.0 Å². The molecule has 5 rings (SSSR count). The predicted molar refractivity (Wildman–Crippen MR) is 131 cm³/mol. The Hall–Kier alpha value is -2.74. The van der Waals surface area contributed by atoms with Crippen molar-refractivity contribution in [1.29, 1.82) is 0 Å². The first-order valence-electron chi connectivity index (χ1n) is 11.7. The largest absolute Gasteiger partial charge is 0.480 e. The average Bonchev–Trinajstić information content (AvgIpc) is 3.54. The number of alkyl halides is 1. The number of fused-ring (bicyclic) bond motifs is 1. The molecule has 1 saturated heterocycles. The Balaban J connectivity index is 1.73. The smallest absolute Gasteiger partial charge is 0.251 e. The van der Waals surface area contributed by atoms with Crippen LogP contribution in [0.4, 0.5) is 8.78 Å². The minimum Gasteiger partial charge on any atom is -0.480 e. The van der Waals surface area contributed by atoms with E-state index in [-0.39, 0.29) is 27.8 Å². The maximum atomic E-state index is 15.9. The normalized spacial score (nSPS) is 27.6. The lowest BCUT2D eigenvalue weighted by atomic mass is 9.79. The zero-order chi connectivity index (χ0) is 24.7. The molecule has 2 N–H and O–H groups in total. The van der Waals surface area contributed by atoms with E-state index >= 15 is 8.78 Å². The number of nitrogens with one attached hydrogen (secondary N) is 2. The Morgan fingerprint density at radius 2 is 2.09 bits per heavy atom. The van der Waals surface area contributed by atoms with E-state index in [1.54, 1.807) is 0 Å². The van der Waals surface area contributed by atoms with Gasteiger partial charge < -0.3 is 20.1 Å². The molecule has 0 radical (unpaired) electrons. The van der Waals surface area contributed by atoms with Crippen LogP contribution in [0.2, 0.25) is 5.02 Å².